The lowest BCUT2D eigenvalue weighted by Gasteiger charge is -2.27. The van der Waals surface area contributed by atoms with E-state index in [0.29, 0.717) is 0 Å². The molecule has 1 N–H and O–H groups in total. The summed E-state index contributed by atoms with van der Waals surface area (Å²) in [6, 6.07) is 8.41. The Morgan fingerprint density at radius 3 is 3.06 bits per heavy atom. The van der Waals surface area contributed by atoms with Crippen LogP contribution in [-0.4, -0.2) is 17.8 Å². The summed E-state index contributed by atoms with van der Waals surface area (Å²) in [6.45, 7) is 2.87. The summed E-state index contributed by atoms with van der Waals surface area (Å²) >= 11 is 0. The van der Waals surface area contributed by atoms with Crippen LogP contribution in [-0.2, 0) is 11.2 Å². The van der Waals surface area contributed by atoms with Gasteiger partial charge in [0.2, 0.25) is 0 Å². The highest BCUT2D eigenvalue weighted by molar-refractivity contribution is 5.30. The highest BCUT2D eigenvalue weighted by Gasteiger charge is 2.22. The molecule has 0 saturated heterocycles. The van der Waals surface area contributed by atoms with E-state index in [4.69, 9.17) is 4.74 Å². The van der Waals surface area contributed by atoms with Gasteiger partial charge in [0.05, 0.1) is 18.8 Å². The molecule has 2 unspecified atom stereocenters. The minimum Gasteiger partial charge on any atom is -0.393 e. The van der Waals surface area contributed by atoms with Gasteiger partial charge < -0.3 is 9.84 Å². The van der Waals surface area contributed by atoms with E-state index in [9.17, 15) is 5.11 Å². The molecule has 0 saturated carbocycles. The summed E-state index contributed by atoms with van der Waals surface area (Å²) in [6.07, 6.45) is 3.46. The van der Waals surface area contributed by atoms with Gasteiger partial charge in [-0.15, -0.1) is 0 Å². The Balaban J connectivity index is 2.07. The van der Waals surface area contributed by atoms with Crippen molar-refractivity contribution in [1.29, 1.82) is 0 Å². The van der Waals surface area contributed by atoms with Crippen molar-refractivity contribution in [2.45, 2.75) is 44.8 Å². The van der Waals surface area contributed by atoms with Crippen molar-refractivity contribution >= 4 is 0 Å². The van der Waals surface area contributed by atoms with Gasteiger partial charge >= 0.3 is 0 Å². The fourth-order valence-electron chi connectivity index (χ4n) is 2.37. The number of fused-ring (bicyclic) bond motifs is 1. The summed E-state index contributed by atoms with van der Waals surface area (Å²) in [4.78, 5) is 0. The quantitative estimate of drug-likeness (QED) is 0.845. The lowest BCUT2D eigenvalue weighted by Crippen LogP contribution is -2.21. The monoisotopic (exact) mass is 220 g/mol. The Labute approximate surface area is 97.3 Å². The summed E-state index contributed by atoms with van der Waals surface area (Å²) in [5.74, 6) is 0. The summed E-state index contributed by atoms with van der Waals surface area (Å²) < 4.78 is 5.76. The lowest BCUT2D eigenvalue weighted by molar-refractivity contribution is 0.00242. The number of benzene rings is 1. The van der Waals surface area contributed by atoms with E-state index in [1.54, 1.807) is 0 Å². The third-order valence-electron chi connectivity index (χ3n) is 3.20. The van der Waals surface area contributed by atoms with E-state index in [-0.39, 0.29) is 12.2 Å². The number of hydrogen-bond acceptors (Lipinski definition) is 2. The highest BCUT2D eigenvalue weighted by Crippen LogP contribution is 2.30. The van der Waals surface area contributed by atoms with Gasteiger partial charge in [-0.25, -0.2) is 0 Å². The Morgan fingerprint density at radius 2 is 2.25 bits per heavy atom. The number of ether oxygens (including phenoxy) is 1. The molecule has 2 rings (SSSR count). The summed E-state index contributed by atoms with van der Waals surface area (Å²) in [7, 11) is 0. The van der Waals surface area contributed by atoms with Crippen molar-refractivity contribution in [1.82, 2.24) is 0 Å². The zero-order chi connectivity index (χ0) is 11.4. The molecule has 1 aromatic rings. The molecule has 0 aliphatic carbocycles. The standard InChI is InChI=1S/C14H20O2/c1-2-5-12(15)10-14-13-7-4-3-6-11(13)8-9-16-14/h3-4,6-7,12,14-15H,2,5,8-10H2,1H3. The van der Waals surface area contributed by atoms with Crippen molar-refractivity contribution in [2.75, 3.05) is 6.61 Å². The van der Waals surface area contributed by atoms with Gasteiger partial charge in [0.15, 0.2) is 0 Å². The maximum Gasteiger partial charge on any atom is 0.0852 e. The van der Waals surface area contributed by atoms with Crippen LogP contribution in [0.2, 0.25) is 0 Å². The topological polar surface area (TPSA) is 29.5 Å². The van der Waals surface area contributed by atoms with Crippen LogP contribution in [0.3, 0.4) is 0 Å². The van der Waals surface area contributed by atoms with E-state index in [1.807, 2.05) is 6.07 Å². The van der Waals surface area contributed by atoms with Crippen molar-refractivity contribution in [2.24, 2.45) is 0 Å². The number of aliphatic hydroxyl groups excluding tert-OH is 1. The summed E-state index contributed by atoms with van der Waals surface area (Å²) in [5, 5.41) is 9.85. The maximum absolute atomic E-state index is 9.85. The van der Waals surface area contributed by atoms with Gasteiger partial charge in [-0.1, -0.05) is 37.6 Å². The van der Waals surface area contributed by atoms with Crippen molar-refractivity contribution in [3.05, 3.63) is 35.4 Å². The van der Waals surface area contributed by atoms with E-state index in [0.717, 1.165) is 32.3 Å². The molecule has 0 radical (unpaired) electrons. The smallest absolute Gasteiger partial charge is 0.0852 e. The van der Waals surface area contributed by atoms with E-state index >= 15 is 0 Å². The molecule has 1 heterocycles. The molecule has 1 aromatic carbocycles. The lowest BCUT2D eigenvalue weighted by atomic mass is 9.93. The second-order valence-corrected chi connectivity index (χ2v) is 4.49. The van der Waals surface area contributed by atoms with E-state index in [2.05, 4.69) is 25.1 Å². The first-order valence-corrected chi connectivity index (χ1v) is 6.18. The van der Waals surface area contributed by atoms with Gasteiger partial charge in [-0.3, -0.25) is 0 Å². The van der Waals surface area contributed by atoms with Crippen LogP contribution in [0.15, 0.2) is 24.3 Å². The van der Waals surface area contributed by atoms with Crippen LogP contribution >= 0.6 is 0 Å². The van der Waals surface area contributed by atoms with Gasteiger partial charge in [-0.05, 0) is 24.0 Å². The Bertz CT molecular complexity index is 335. The first kappa shape index (κ1) is 11.6. The SMILES string of the molecule is CCCC(O)CC1OCCc2ccccc21. The molecule has 2 heteroatoms. The minimum atomic E-state index is -0.235. The largest absolute Gasteiger partial charge is 0.393 e. The molecular formula is C14H20O2. The average Bonchev–Trinajstić information content (AvgIpc) is 2.30. The van der Waals surface area contributed by atoms with Crippen molar-refractivity contribution in [3.63, 3.8) is 0 Å². The second-order valence-electron chi connectivity index (χ2n) is 4.49. The van der Waals surface area contributed by atoms with Crippen LogP contribution < -0.4 is 0 Å². The van der Waals surface area contributed by atoms with E-state index < -0.39 is 0 Å². The zero-order valence-corrected chi connectivity index (χ0v) is 9.86. The van der Waals surface area contributed by atoms with Gasteiger partial charge in [-0.2, -0.15) is 0 Å². The fourth-order valence-corrected chi connectivity index (χ4v) is 2.37. The van der Waals surface area contributed by atoms with Gasteiger partial charge in [0.1, 0.15) is 0 Å². The van der Waals surface area contributed by atoms with Crippen LogP contribution in [0.4, 0.5) is 0 Å². The Hall–Kier alpha value is -0.860. The first-order valence-electron chi connectivity index (χ1n) is 6.18. The minimum absolute atomic E-state index is 0.0894. The number of rotatable bonds is 4. The van der Waals surface area contributed by atoms with Crippen molar-refractivity contribution in [3.8, 4) is 0 Å². The predicted octanol–water partition coefficient (Wildman–Crippen LogP) is 2.85. The fraction of sp³-hybridized carbons (Fsp3) is 0.571. The first-order chi connectivity index (χ1) is 7.81. The maximum atomic E-state index is 9.85. The number of aliphatic hydroxyl groups is 1. The number of hydrogen-bond donors (Lipinski definition) is 1. The Morgan fingerprint density at radius 1 is 1.44 bits per heavy atom. The molecule has 0 aromatic heterocycles. The van der Waals surface area contributed by atoms with Gasteiger partial charge in [0.25, 0.3) is 0 Å². The molecule has 0 fully saturated rings. The Kier molecular flexibility index (Phi) is 3.97. The molecule has 88 valence electrons. The molecular weight excluding hydrogens is 200 g/mol. The van der Waals surface area contributed by atoms with Crippen molar-refractivity contribution < 1.29 is 9.84 Å². The van der Waals surface area contributed by atoms with Crippen LogP contribution in [0.1, 0.15) is 43.4 Å². The molecule has 2 atom stereocenters. The van der Waals surface area contributed by atoms with E-state index in [1.165, 1.54) is 11.1 Å². The van der Waals surface area contributed by atoms with Crippen LogP contribution in [0.5, 0.6) is 0 Å². The van der Waals surface area contributed by atoms with Gasteiger partial charge in [0, 0.05) is 6.42 Å². The molecule has 1 aliphatic heterocycles. The predicted molar refractivity (Wildman–Crippen MR) is 64.4 cm³/mol. The third-order valence-corrected chi connectivity index (χ3v) is 3.20. The molecule has 1 aliphatic rings. The third kappa shape index (κ3) is 2.63. The average molecular weight is 220 g/mol. The molecule has 2 nitrogen and oxygen atoms in total. The molecule has 0 amide bonds. The van der Waals surface area contributed by atoms with Crippen LogP contribution in [0, 0.1) is 0 Å². The molecule has 16 heavy (non-hydrogen) atoms. The summed E-state index contributed by atoms with van der Waals surface area (Å²) in [5.41, 5.74) is 2.64. The highest BCUT2D eigenvalue weighted by atomic mass is 16.5. The normalized spacial score (nSPS) is 21.5. The second kappa shape index (κ2) is 5.46. The van der Waals surface area contributed by atoms with Crippen LogP contribution in [0.25, 0.3) is 0 Å². The zero-order valence-electron chi connectivity index (χ0n) is 9.86. The molecule has 0 bridgehead atoms. The molecule has 0 spiro atoms.